The number of anilines is 2. The van der Waals surface area contributed by atoms with Crippen molar-refractivity contribution >= 4 is 28.1 Å². The number of imidazole rings is 1. The third-order valence-electron chi connectivity index (χ3n) is 6.09. The Labute approximate surface area is 207 Å². The Morgan fingerprint density at radius 1 is 1.15 bits per heavy atom. The van der Waals surface area contributed by atoms with Gasteiger partial charge in [0.15, 0.2) is 5.13 Å². The number of amides is 1. The third kappa shape index (κ3) is 5.87. The number of rotatable bonds is 7. The van der Waals surface area contributed by atoms with E-state index < -0.39 is 0 Å². The molecule has 182 valence electrons. The molecule has 2 aromatic heterocycles. The van der Waals surface area contributed by atoms with Crippen molar-refractivity contribution in [3.8, 4) is 0 Å². The SMILES string of the molecule is CC(C)c1ccccc1N(Cc1csc(N2CCCCC2)n1)C(=O)c1cn(CC(C)(C)C)cn1. The van der Waals surface area contributed by atoms with Gasteiger partial charge in [0, 0.05) is 36.9 Å². The Hall–Kier alpha value is -2.67. The monoisotopic (exact) mass is 479 g/mol. The van der Waals surface area contributed by atoms with Crippen LogP contribution < -0.4 is 9.80 Å². The molecule has 1 aliphatic heterocycles. The summed E-state index contributed by atoms with van der Waals surface area (Å²) in [5, 5.41) is 3.16. The molecule has 3 aromatic rings. The molecular formula is C27H37N5OS. The number of carbonyl (C=O) groups excluding carboxylic acids is 1. The molecule has 0 bridgehead atoms. The number of hydrogen-bond acceptors (Lipinski definition) is 5. The standard InChI is InChI=1S/C27H37N5OS/c1-20(2)22-11-7-8-12-24(22)32(25(33)23-16-30(19-28-23)18-27(3,4)5)15-21-17-34-26(29-21)31-13-9-6-10-14-31/h7-8,11-12,16-17,19-20H,6,9-10,13-15,18H2,1-5H3. The fourth-order valence-corrected chi connectivity index (χ4v) is 5.36. The Bertz CT molecular complexity index is 1100. The molecule has 0 atom stereocenters. The van der Waals surface area contributed by atoms with E-state index in [1.54, 1.807) is 17.7 Å². The Morgan fingerprint density at radius 3 is 2.59 bits per heavy atom. The number of para-hydroxylation sites is 1. The van der Waals surface area contributed by atoms with E-state index in [4.69, 9.17) is 4.98 Å². The predicted molar refractivity (Wildman–Crippen MR) is 141 cm³/mol. The first kappa shape index (κ1) is 24.5. The number of aromatic nitrogens is 3. The van der Waals surface area contributed by atoms with E-state index in [1.807, 2.05) is 33.9 Å². The number of carbonyl (C=O) groups is 1. The Balaban J connectivity index is 1.64. The molecule has 0 N–H and O–H groups in total. The zero-order chi connectivity index (χ0) is 24.3. The summed E-state index contributed by atoms with van der Waals surface area (Å²) in [5.74, 6) is 0.206. The summed E-state index contributed by atoms with van der Waals surface area (Å²) in [5.41, 5.74) is 3.58. The second kappa shape index (κ2) is 10.3. The minimum Gasteiger partial charge on any atom is -0.348 e. The first-order valence-electron chi connectivity index (χ1n) is 12.3. The molecule has 0 spiro atoms. The van der Waals surface area contributed by atoms with Gasteiger partial charge in [-0.2, -0.15) is 0 Å². The van der Waals surface area contributed by atoms with E-state index in [0.717, 1.165) is 41.7 Å². The molecule has 34 heavy (non-hydrogen) atoms. The second-order valence-corrected chi connectivity index (χ2v) is 11.6. The van der Waals surface area contributed by atoms with E-state index in [0.29, 0.717) is 18.2 Å². The van der Waals surface area contributed by atoms with Crippen LogP contribution in [0.4, 0.5) is 10.8 Å². The lowest BCUT2D eigenvalue weighted by atomic mass is 9.97. The van der Waals surface area contributed by atoms with E-state index in [2.05, 4.69) is 55.9 Å². The maximum atomic E-state index is 13.8. The van der Waals surface area contributed by atoms with E-state index >= 15 is 0 Å². The van der Waals surface area contributed by atoms with E-state index in [9.17, 15) is 4.79 Å². The van der Waals surface area contributed by atoms with Gasteiger partial charge < -0.3 is 14.4 Å². The molecule has 1 saturated heterocycles. The van der Waals surface area contributed by atoms with Gasteiger partial charge in [-0.05, 0) is 42.2 Å². The van der Waals surface area contributed by atoms with Crippen molar-refractivity contribution in [2.45, 2.75) is 72.9 Å². The van der Waals surface area contributed by atoms with Gasteiger partial charge in [0.2, 0.25) is 0 Å². The normalized spacial score (nSPS) is 14.6. The second-order valence-electron chi connectivity index (χ2n) is 10.8. The lowest BCUT2D eigenvalue weighted by Gasteiger charge is -2.26. The van der Waals surface area contributed by atoms with E-state index in [1.165, 1.54) is 19.3 Å². The highest BCUT2D eigenvalue weighted by Gasteiger charge is 2.25. The molecule has 1 aromatic carbocycles. The lowest BCUT2D eigenvalue weighted by molar-refractivity contribution is 0.0980. The Morgan fingerprint density at radius 2 is 1.88 bits per heavy atom. The van der Waals surface area contributed by atoms with Crippen molar-refractivity contribution in [2.24, 2.45) is 5.41 Å². The molecule has 1 aliphatic rings. The molecule has 4 rings (SSSR count). The first-order valence-corrected chi connectivity index (χ1v) is 13.2. The van der Waals surface area contributed by atoms with Crippen LogP contribution in [0.3, 0.4) is 0 Å². The molecule has 0 saturated carbocycles. The molecule has 0 aliphatic carbocycles. The molecule has 0 unspecified atom stereocenters. The summed E-state index contributed by atoms with van der Waals surface area (Å²) in [6.07, 6.45) is 7.38. The summed E-state index contributed by atoms with van der Waals surface area (Å²) >= 11 is 1.68. The summed E-state index contributed by atoms with van der Waals surface area (Å²) in [6, 6.07) is 8.19. The largest absolute Gasteiger partial charge is 0.348 e. The minimum absolute atomic E-state index is 0.0896. The molecule has 1 fully saturated rings. The molecular weight excluding hydrogens is 442 g/mol. The highest BCUT2D eigenvalue weighted by Crippen LogP contribution is 2.31. The quantitative estimate of drug-likeness (QED) is 0.396. The zero-order valence-corrected chi connectivity index (χ0v) is 21.9. The van der Waals surface area contributed by atoms with Gasteiger partial charge >= 0.3 is 0 Å². The van der Waals surface area contributed by atoms with Gasteiger partial charge in [-0.3, -0.25) is 4.79 Å². The average Bonchev–Trinajstić information content (AvgIpc) is 3.46. The fraction of sp³-hybridized carbons (Fsp3) is 0.519. The van der Waals surface area contributed by atoms with Gasteiger partial charge in [0.1, 0.15) is 5.69 Å². The van der Waals surface area contributed by atoms with Crippen LogP contribution in [0.15, 0.2) is 42.2 Å². The summed E-state index contributed by atoms with van der Waals surface area (Å²) in [7, 11) is 0. The van der Waals surface area contributed by atoms with Crippen LogP contribution in [0.25, 0.3) is 0 Å². The summed E-state index contributed by atoms with van der Waals surface area (Å²) < 4.78 is 2.01. The highest BCUT2D eigenvalue weighted by atomic mass is 32.1. The summed E-state index contributed by atoms with van der Waals surface area (Å²) in [6.45, 7) is 14.2. The van der Waals surface area contributed by atoms with Crippen molar-refractivity contribution in [1.29, 1.82) is 0 Å². The van der Waals surface area contributed by atoms with Crippen LogP contribution in [0, 0.1) is 5.41 Å². The third-order valence-corrected chi connectivity index (χ3v) is 7.04. The average molecular weight is 480 g/mol. The van der Waals surface area contributed by atoms with Crippen LogP contribution in [0.1, 0.15) is 81.5 Å². The van der Waals surface area contributed by atoms with Crippen LogP contribution >= 0.6 is 11.3 Å². The first-order chi connectivity index (χ1) is 16.2. The van der Waals surface area contributed by atoms with Crippen molar-refractivity contribution in [3.05, 3.63) is 59.1 Å². The van der Waals surface area contributed by atoms with Crippen LogP contribution in [-0.2, 0) is 13.1 Å². The zero-order valence-electron chi connectivity index (χ0n) is 21.1. The van der Waals surface area contributed by atoms with Crippen molar-refractivity contribution in [2.75, 3.05) is 22.9 Å². The smallest absolute Gasteiger partial charge is 0.278 e. The molecule has 3 heterocycles. The maximum absolute atomic E-state index is 13.8. The van der Waals surface area contributed by atoms with Crippen molar-refractivity contribution in [3.63, 3.8) is 0 Å². The molecule has 7 heteroatoms. The van der Waals surface area contributed by atoms with Crippen molar-refractivity contribution in [1.82, 2.24) is 14.5 Å². The number of hydrogen-bond donors (Lipinski definition) is 0. The van der Waals surface area contributed by atoms with E-state index in [-0.39, 0.29) is 11.3 Å². The lowest BCUT2D eigenvalue weighted by Crippen LogP contribution is -2.32. The van der Waals surface area contributed by atoms with Crippen LogP contribution in [-0.4, -0.2) is 33.5 Å². The van der Waals surface area contributed by atoms with Crippen molar-refractivity contribution < 1.29 is 4.79 Å². The maximum Gasteiger partial charge on any atom is 0.278 e. The van der Waals surface area contributed by atoms with Gasteiger partial charge in [0.25, 0.3) is 5.91 Å². The van der Waals surface area contributed by atoms with Gasteiger partial charge in [-0.1, -0.05) is 52.8 Å². The van der Waals surface area contributed by atoms with Crippen LogP contribution in [0.5, 0.6) is 0 Å². The van der Waals surface area contributed by atoms with Gasteiger partial charge in [-0.25, -0.2) is 9.97 Å². The highest BCUT2D eigenvalue weighted by molar-refractivity contribution is 7.13. The molecule has 0 radical (unpaired) electrons. The summed E-state index contributed by atoms with van der Waals surface area (Å²) in [4.78, 5) is 27.5. The topological polar surface area (TPSA) is 54.3 Å². The van der Waals surface area contributed by atoms with Crippen LogP contribution in [0.2, 0.25) is 0 Å². The Kier molecular flexibility index (Phi) is 7.41. The van der Waals surface area contributed by atoms with Gasteiger partial charge in [0.05, 0.1) is 18.6 Å². The predicted octanol–water partition coefficient (Wildman–Crippen LogP) is 6.35. The van der Waals surface area contributed by atoms with Gasteiger partial charge in [-0.15, -0.1) is 11.3 Å². The number of benzene rings is 1. The fourth-order valence-electron chi connectivity index (χ4n) is 4.49. The number of piperidine rings is 1. The molecule has 1 amide bonds. The minimum atomic E-state index is -0.0896. The number of thiazole rings is 1. The molecule has 6 nitrogen and oxygen atoms in total. The number of nitrogens with zero attached hydrogens (tertiary/aromatic N) is 5.